The maximum Gasteiger partial charge on any atom is 0.193 e. The average molecular weight is 362 g/mol. The minimum absolute atomic E-state index is 0.0990. The summed E-state index contributed by atoms with van der Waals surface area (Å²) >= 11 is 0. The van der Waals surface area contributed by atoms with Gasteiger partial charge in [-0.3, -0.25) is 9.89 Å². The lowest BCUT2D eigenvalue weighted by molar-refractivity contribution is 0.0168. The van der Waals surface area contributed by atoms with Crippen LogP contribution < -0.4 is 5.32 Å². The fraction of sp³-hybridized carbons (Fsp3) is 0.650. The van der Waals surface area contributed by atoms with E-state index in [1.807, 2.05) is 13.1 Å². The molecule has 144 valence electrons. The van der Waals surface area contributed by atoms with Gasteiger partial charge in [-0.25, -0.2) is 4.39 Å². The van der Waals surface area contributed by atoms with E-state index in [2.05, 4.69) is 34.0 Å². The van der Waals surface area contributed by atoms with Crippen molar-refractivity contribution in [3.63, 3.8) is 0 Å². The van der Waals surface area contributed by atoms with E-state index in [0.29, 0.717) is 12.0 Å². The van der Waals surface area contributed by atoms with Gasteiger partial charge in [-0.1, -0.05) is 26.0 Å². The number of halogens is 1. The Labute approximate surface area is 156 Å². The summed E-state index contributed by atoms with van der Waals surface area (Å²) < 4.78 is 19.3. The van der Waals surface area contributed by atoms with Gasteiger partial charge in [0.05, 0.1) is 19.3 Å². The summed E-state index contributed by atoms with van der Waals surface area (Å²) in [6.07, 6.45) is 1.17. The van der Waals surface area contributed by atoms with E-state index in [1.54, 1.807) is 12.1 Å². The van der Waals surface area contributed by atoms with Crippen LogP contribution in [0.3, 0.4) is 0 Å². The lowest BCUT2D eigenvalue weighted by atomic mass is 9.93. The van der Waals surface area contributed by atoms with Crippen molar-refractivity contribution in [1.82, 2.24) is 15.1 Å². The molecule has 1 atom stereocenters. The van der Waals surface area contributed by atoms with Crippen molar-refractivity contribution in [2.75, 3.05) is 53.0 Å². The molecule has 1 aromatic rings. The van der Waals surface area contributed by atoms with Crippen LogP contribution in [-0.2, 0) is 4.74 Å². The van der Waals surface area contributed by atoms with Gasteiger partial charge in [0, 0.05) is 39.8 Å². The normalized spacial score (nSPS) is 22.5. The van der Waals surface area contributed by atoms with Gasteiger partial charge in [0.2, 0.25) is 0 Å². The summed E-state index contributed by atoms with van der Waals surface area (Å²) in [7, 11) is 1.83. The molecule has 5 nitrogen and oxygen atoms in total. The standard InChI is InChI=1S/C20H31FN4O/c1-20(2)7-8-25(15-20)19(22-3)23-14-18(24-9-11-26-12-10-24)16-5-4-6-17(21)13-16/h4-6,13,18H,7-12,14-15H2,1-3H3,(H,22,23). The highest BCUT2D eigenvalue weighted by molar-refractivity contribution is 5.80. The highest BCUT2D eigenvalue weighted by Gasteiger charge is 2.31. The first-order valence-electron chi connectivity index (χ1n) is 9.51. The van der Waals surface area contributed by atoms with Crippen molar-refractivity contribution in [1.29, 1.82) is 0 Å². The second kappa shape index (κ2) is 8.35. The third kappa shape index (κ3) is 4.74. The van der Waals surface area contributed by atoms with Gasteiger partial charge in [-0.15, -0.1) is 0 Å². The number of likely N-dealkylation sites (tertiary alicyclic amines) is 1. The Balaban J connectivity index is 1.71. The van der Waals surface area contributed by atoms with E-state index in [4.69, 9.17) is 4.74 Å². The Morgan fingerprint density at radius 2 is 2.08 bits per heavy atom. The van der Waals surface area contributed by atoms with Crippen LogP contribution in [0.25, 0.3) is 0 Å². The molecule has 0 amide bonds. The molecule has 2 aliphatic rings. The number of nitrogens with zero attached hydrogens (tertiary/aromatic N) is 3. The summed E-state index contributed by atoms with van der Waals surface area (Å²) in [4.78, 5) is 9.17. The molecule has 0 bridgehead atoms. The lowest BCUT2D eigenvalue weighted by Gasteiger charge is -2.35. The topological polar surface area (TPSA) is 40.1 Å². The lowest BCUT2D eigenvalue weighted by Crippen LogP contribution is -2.47. The second-order valence-corrected chi connectivity index (χ2v) is 7.98. The number of benzene rings is 1. The van der Waals surface area contributed by atoms with Gasteiger partial charge < -0.3 is 15.0 Å². The van der Waals surface area contributed by atoms with Crippen molar-refractivity contribution in [2.24, 2.45) is 10.4 Å². The molecule has 0 aromatic heterocycles. The minimum Gasteiger partial charge on any atom is -0.379 e. The third-order valence-corrected chi connectivity index (χ3v) is 5.36. The number of hydrogen-bond acceptors (Lipinski definition) is 3. The fourth-order valence-corrected chi connectivity index (χ4v) is 3.87. The Morgan fingerprint density at radius 1 is 1.31 bits per heavy atom. The smallest absolute Gasteiger partial charge is 0.193 e. The maximum absolute atomic E-state index is 13.8. The summed E-state index contributed by atoms with van der Waals surface area (Å²) in [5.74, 6) is 0.747. The molecule has 2 heterocycles. The summed E-state index contributed by atoms with van der Waals surface area (Å²) in [6, 6.07) is 7.03. The largest absolute Gasteiger partial charge is 0.379 e. The van der Waals surface area contributed by atoms with Crippen LogP contribution in [0.2, 0.25) is 0 Å². The predicted octanol–water partition coefficient (Wildman–Crippen LogP) is 2.51. The van der Waals surface area contributed by atoms with Crippen LogP contribution in [0.5, 0.6) is 0 Å². The quantitative estimate of drug-likeness (QED) is 0.660. The second-order valence-electron chi connectivity index (χ2n) is 7.98. The monoisotopic (exact) mass is 362 g/mol. The fourth-order valence-electron chi connectivity index (χ4n) is 3.87. The van der Waals surface area contributed by atoms with Crippen molar-refractivity contribution in [2.45, 2.75) is 26.3 Å². The van der Waals surface area contributed by atoms with E-state index in [-0.39, 0.29) is 11.9 Å². The van der Waals surface area contributed by atoms with Crippen LogP contribution in [-0.4, -0.2) is 68.7 Å². The van der Waals surface area contributed by atoms with Gasteiger partial charge in [0.1, 0.15) is 5.82 Å². The molecule has 0 spiro atoms. The van der Waals surface area contributed by atoms with E-state index in [9.17, 15) is 4.39 Å². The Morgan fingerprint density at radius 3 is 2.69 bits per heavy atom. The number of hydrogen-bond donors (Lipinski definition) is 1. The van der Waals surface area contributed by atoms with Gasteiger partial charge in [-0.05, 0) is 29.5 Å². The Kier molecular flexibility index (Phi) is 6.14. The molecule has 26 heavy (non-hydrogen) atoms. The average Bonchev–Trinajstić information content (AvgIpc) is 2.99. The van der Waals surface area contributed by atoms with Gasteiger partial charge >= 0.3 is 0 Å². The van der Waals surface area contributed by atoms with Crippen LogP contribution >= 0.6 is 0 Å². The van der Waals surface area contributed by atoms with E-state index in [0.717, 1.165) is 50.9 Å². The molecule has 0 saturated carbocycles. The maximum atomic E-state index is 13.8. The highest BCUT2D eigenvalue weighted by Crippen LogP contribution is 2.29. The number of ether oxygens (including phenoxy) is 1. The first kappa shape index (κ1) is 19.1. The van der Waals surface area contributed by atoms with Gasteiger partial charge in [0.25, 0.3) is 0 Å². The number of morpholine rings is 1. The number of nitrogens with one attached hydrogen (secondary N) is 1. The molecule has 2 fully saturated rings. The Hall–Kier alpha value is -1.66. The highest BCUT2D eigenvalue weighted by atomic mass is 19.1. The number of aliphatic imine (C=N–C) groups is 1. The first-order chi connectivity index (χ1) is 12.5. The molecule has 6 heteroatoms. The van der Waals surface area contributed by atoms with E-state index in [1.165, 1.54) is 12.5 Å². The zero-order valence-corrected chi connectivity index (χ0v) is 16.2. The molecule has 2 aliphatic heterocycles. The van der Waals surface area contributed by atoms with E-state index >= 15 is 0 Å². The summed E-state index contributed by atoms with van der Waals surface area (Å²) in [5.41, 5.74) is 1.32. The van der Waals surface area contributed by atoms with Crippen molar-refractivity contribution in [3.05, 3.63) is 35.6 Å². The van der Waals surface area contributed by atoms with Crippen LogP contribution in [0.15, 0.2) is 29.3 Å². The van der Waals surface area contributed by atoms with Crippen molar-refractivity contribution >= 4 is 5.96 Å². The minimum atomic E-state index is -0.188. The van der Waals surface area contributed by atoms with Gasteiger partial charge in [-0.2, -0.15) is 0 Å². The first-order valence-corrected chi connectivity index (χ1v) is 9.51. The molecule has 3 rings (SSSR count). The third-order valence-electron chi connectivity index (χ3n) is 5.36. The zero-order chi connectivity index (χ0) is 18.6. The van der Waals surface area contributed by atoms with E-state index < -0.39 is 0 Å². The molecular formula is C20H31FN4O. The SMILES string of the molecule is CN=C(NCC(c1cccc(F)c1)N1CCOCC1)N1CCC(C)(C)C1. The summed E-state index contributed by atoms with van der Waals surface area (Å²) in [5, 5.41) is 3.54. The zero-order valence-electron chi connectivity index (χ0n) is 16.2. The molecular weight excluding hydrogens is 331 g/mol. The summed E-state index contributed by atoms with van der Waals surface area (Å²) in [6.45, 7) is 10.5. The van der Waals surface area contributed by atoms with Crippen LogP contribution in [0.4, 0.5) is 4.39 Å². The van der Waals surface area contributed by atoms with Crippen LogP contribution in [0, 0.1) is 11.2 Å². The molecule has 0 aliphatic carbocycles. The molecule has 0 radical (unpaired) electrons. The van der Waals surface area contributed by atoms with Crippen LogP contribution in [0.1, 0.15) is 31.9 Å². The van der Waals surface area contributed by atoms with Crippen molar-refractivity contribution < 1.29 is 9.13 Å². The predicted molar refractivity (Wildman–Crippen MR) is 103 cm³/mol. The molecule has 1 unspecified atom stereocenters. The van der Waals surface area contributed by atoms with Crippen molar-refractivity contribution in [3.8, 4) is 0 Å². The van der Waals surface area contributed by atoms with Gasteiger partial charge in [0.15, 0.2) is 5.96 Å². The molecule has 1 aromatic carbocycles. The Bertz CT molecular complexity index is 628. The number of guanidine groups is 1. The molecule has 1 N–H and O–H groups in total. The number of rotatable bonds is 4. The molecule has 2 saturated heterocycles.